The fraction of sp³-hybridized carbons (Fsp3) is 0.917. The fourth-order valence-electron chi connectivity index (χ4n) is 2.09. The second-order valence-corrected chi connectivity index (χ2v) is 4.89. The van der Waals surface area contributed by atoms with E-state index in [1.807, 2.05) is 6.92 Å². The molecule has 3 N–H and O–H groups in total. The Morgan fingerprint density at radius 3 is 2.53 bits per heavy atom. The molecule has 1 saturated carbocycles. The van der Waals surface area contributed by atoms with Crippen molar-refractivity contribution in [1.29, 1.82) is 0 Å². The summed E-state index contributed by atoms with van der Waals surface area (Å²) in [7, 11) is 0. The summed E-state index contributed by atoms with van der Waals surface area (Å²) in [6, 6.07) is -0.326. The molecule has 3 heteroatoms. The molecule has 1 fully saturated rings. The molecule has 0 spiro atoms. The van der Waals surface area contributed by atoms with Gasteiger partial charge in [0.25, 0.3) is 0 Å². The van der Waals surface area contributed by atoms with Gasteiger partial charge in [-0.25, -0.2) is 0 Å². The topological polar surface area (TPSA) is 55.1 Å². The van der Waals surface area contributed by atoms with Gasteiger partial charge in [0.05, 0.1) is 6.04 Å². The molecule has 1 aliphatic rings. The van der Waals surface area contributed by atoms with Gasteiger partial charge in [0, 0.05) is 6.54 Å². The normalized spacial score (nSPS) is 28.5. The summed E-state index contributed by atoms with van der Waals surface area (Å²) in [5, 5.41) is 2.95. The van der Waals surface area contributed by atoms with E-state index in [-0.39, 0.29) is 11.9 Å². The summed E-state index contributed by atoms with van der Waals surface area (Å²) in [5.74, 6) is 1.56. The zero-order chi connectivity index (χ0) is 11.3. The molecule has 0 aromatic carbocycles. The number of rotatable bonds is 4. The molecule has 1 aliphatic carbocycles. The molecule has 0 saturated heterocycles. The molecule has 1 rings (SSSR count). The minimum atomic E-state index is -0.326. The highest BCUT2D eigenvalue weighted by Crippen LogP contribution is 2.27. The Morgan fingerprint density at radius 1 is 1.40 bits per heavy atom. The Bertz CT molecular complexity index is 198. The molecule has 0 aliphatic heterocycles. The van der Waals surface area contributed by atoms with Gasteiger partial charge in [0.1, 0.15) is 0 Å². The van der Waals surface area contributed by atoms with Crippen LogP contribution in [0.25, 0.3) is 0 Å². The van der Waals surface area contributed by atoms with E-state index in [0.717, 1.165) is 12.5 Å². The largest absolute Gasteiger partial charge is 0.354 e. The van der Waals surface area contributed by atoms with Gasteiger partial charge in [-0.15, -0.1) is 0 Å². The smallest absolute Gasteiger partial charge is 0.236 e. The number of amides is 1. The van der Waals surface area contributed by atoms with Crippen LogP contribution < -0.4 is 11.1 Å². The van der Waals surface area contributed by atoms with Crippen LogP contribution in [0, 0.1) is 11.8 Å². The first-order chi connectivity index (χ1) is 7.13. The summed E-state index contributed by atoms with van der Waals surface area (Å²) in [6.45, 7) is 5.06. The van der Waals surface area contributed by atoms with Gasteiger partial charge < -0.3 is 11.1 Å². The summed E-state index contributed by atoms with van der Waals surface area (Å²) >= 11 is 0. The summed E-state index contributed by atoms with van der Waals surface area (Å²) < 4.78 is 0. The second-order valence-electron chi connectivity index (χ2n) is 4.89. The van der Waals surface area contributed by atoms with Gasteiger partial charge in [-0.1, -0.05) is 26.7 Å². The number of hydrogen-bond donors (Lipinski definition) is 2. The van der Waals surface area contributed by atoms with Crippen LogP contribution in [0.1, 0.15) is 46.0 Å². The summed E-state index contributed by atoms with van der Waals surface area (Å²) in [6.07, 6.45) is 5.83. The molecule has 1 atom stereocenters. The third-order valence-electron chi connectivity index (χ3n) is 3.48. The van der Waals surface area contributed by atoms with Gasteiger partial charge in [-0.05, 0) is 31.1 Å². The van der Waals surface area contributed by atoms with Crippen molar-refractivity contribution in [2.75, 3.05) is 6.54 Å². The van der Waals surface area contributed by atoms with Gasteiger partial charge in [-0.3, -0.25) is 4.79 Å². The van der Waals surface area contributed by atoms with Crippen molar-refractivity contribution in [2.45, 2.75) is 52.0 Å². The number of carbonyl (C=O) groups is 1. The van der Waals surface area contributed by atoms with Crippen molar-refractivity contribution in [3.8, 4) is 0 Å². The first-order valence-corrected chi connectivity index (χ1v) is 6.16. The number of hydrogen-bond acceptors (Lipinski definition) is 2. The zero-order valence-corrected chi connectivity index (χ0v) is 9.96. The van der Waals surface area contributed by atoms with Crippen LogP contribution in [0.3, 0.4) is 0 Å². The van der Waals surface area contributed by atoms with E-state index < -0.39 is 0 Å². The highest BCUT2D eigenvalue weighted by molar-refractivity contribution is 5.81. The van der Waals surface area contributed by atoms with E-state index in [2.05, 4.69) is 12.2 Å². The van der Waals surface area contributed by atoms with Crippen molar-refractivity contribution in [2.24, 2.45) is 17.6 Å². The van der Waals surface area contributed by atoms with E-state index in [9.17, 15) is 4.79 Å². The standard InChI is InChI=1S/C12H24N2O/c1-3-11(13)12(15)14-8-10-6-4-9(2)5-7-10/h9-11H,3-8,13H2,1-2H3,(H,14,15). The quantitative estimate of drug-likeness (QED) is 0.744. The lowest BCUT2D eigenvalue weighted by molar-refractivity contribution is -0.122. The van der Waals surface area contributed by atoms with Crippen molar-refractivity contribution in [3.63, 3.8) is 0 Å². The average Bonchev–Trinajstić information content (AvgIpc) is 2.26. The SMILES string of the molecule is CCC(N)C(=O)NCC1CCC(C)CC1. The molecule has 88 valence electrons. The van der Waals surface area contributed by atoms with E-state index in [0.29, 0.717) is 12.3 Å². The Morgan fingerprint density at radius 2 is 2.00 bits per heavy atom. The maximum atomic E-state index is 11.4. The minimum Gasteiger partial charge on any atom is -0.354 e. The molecular weight excluding hydrogens is 188 g/mol. The Labute approximate surface area is 92.8 Å². The highest BCUT2D eigenvalue weighted by atomic mass is 16.2. The molecule has 1 unspecified atom stereocenters. The predicted octanol–water partition coefficient (Wildman–Crippen LogP) is 1.67. The minimum absolute atomic E-state index is 0.0103. The summed E-state index contributed by atoms with van der Waals surface area (Å²) in [4.78, 5) is 11.4. The molecule has 0 heterocycles. The third kappa shape index (κ3) is 4.20. The van der Waals surface area contributed by atoms with Crippen molar-refractivity contribution >= 4 is 5.91 Å². The van der Waals surface area contributed by atoms with Gasteiger partial charge in [-0.2, -0.15) is 0 Å². The van der Waals surface area contributed by atoms with Gasteiger partial charge in [0.15, 0.2) is 0 Å². The maximum Gasteiger partial charge on any atom is 0.236 e. The first kappa shape index (κ1) is 12.5. The Balaban J connectivity index is 2.17. The Hall–Kier alpha value is -0.570. The maximum absolute atomic E-state index is 11.4. The monoisotopic (exact) mass is 212 g/mol. The average molecular weight is 212 g/mol. The zero-order valence-electron chi connectivity index (χ0n) is 9.96. The van der Waals surface area contributed by atoms with E-state index >= 15 is 0 Å². The van der Waals surface area contributed by atoms with Crippen molar-refractivity contribution in [1.82, 2.24) is 5.32 Å². The van der Waals surface area contributed by atoms with E-state index in [4.69, 9.17) is 5.73 Å². The molecule has 15 heavy (non-hydrogen) atoms. The van der Waals surface area contributed by atoms with Crippen molar-refractivity contribution < 1.29 is 4.79 Å². The van der Waals surface area contributed by atoms with E-state index in [1.54, 1.807) is 0 Å². The van der Waals surface area contributed by atoms with Crippen LogP contribution in [0.4, 0.5) is 0 Å². The Kier molecular flexibility index (Phi) is 5.09. The fourth-order valence-corrected chi connectivity index (χ4v) is 2.09. The molecular formula is C12H24N2O. The molecule has 0 aromatic rings. The lowest BCUT2D eigenvalue weighted by atomic mass is 9.83. The van der Waals surface area contributed by atoms with Crippen LogP contribution in [0.15, 0.2) is 0 Å². The molecule has 0 aromatic heterocycles. The number of nitrogens with one attached hydrogen (secondary N) is 1. The molecule has 0 bridgehead atoms. The van der Waals surface area contributed by atoms with Crippen LogP contribution in [0.5, 0.6) is 0 Å². The third-order valence-corrected chi connectivity index (χ3v) is 3.48. The lowest BCUT2D eigenvalue weighted by Gasteiger charge is -2.26. The predicted molar refractivity (Wildman–Crippen MR) is 62.4 cm³/mol. The van der Waals surface area contributed by atoms with Crippen LogP contribution in [0.2, 0.25) is 0 Å². The molecule has 0 radical (unpaired) electrons. The molecule has 1 amide bonds. The number of nitrogens with two attached hydrogens (primary N) is 1. The molecule has 3 nitrogen and oxygen atoms in total. The second kappa shape index (κ2) is 6.11. The van der Waals surface area contributed by atoms with Gasteiger partial charge in [0.2, 0.25) is 5.91 Å². The number of carbonyl (C=O) groups excluding carboxylic acids is 1. The van der Waals surface area contributed by atoms with Crippen molar-refractivity contribution in [3.05, 3.63) is 0 Å². The van der Waals surface area contributed by atoms with E-state index in [1.165, 1.54) is 25.7 Å². The lowest BCUT2D eigenvalue weighted by Crippen LogP contribution is -2.42. The van der Waals surface area contributed by atoms with Crippen LogP contribution in [-0.4, -0.2) is 18.5 Å². The summed E-state index contributed by atoms with van der Waals surface area (Å²) in [5.41, 5.74) is 5.64. The van der Waals surface area contributed by atoms with Gasteiger partial charge >= 0.3 is 0 Å². The highest BCUT2D eigenvalue weighted by Gasteiger charge is 2.19. The first-order valence-electron chi connectivity index (χ1n) is 6.16. The van der Waals surface area contributed by atoms with Crippen LogP contribution >= 0.6 is 0 Å². The van der Waals surface area contributed by atoms with Crippen LogP contribution in [-0.2, 0) is 4.79 Å².